The third-order valence-corrected chi connectivity index (χ3v) is 4.28. The molecule has 0 bridgehead atoms. The molecule has 0 amide bonds. The fraction of sp³-hybridized carbons (Fsp3) is 0.286. The van der Waals surface area contributed by atoms with E-state index in [0.717, 1.165) is 10.8 Å². The van der Waals surface area contributed by atoms with Gasteiger partial charge in [0.2, 0.25) is 0 Å². The van der Waals surface area contributed by atoms with Gasteiger partial charge in [0.25, 0.3) is 0 Å². The van der Waals surface area contributed by atoms with Gasteiger partial charge in [-0.25, -0.2) is 0 Å². The molecule has 0 fully saturated rings. The average molecular weight is 230 g/mol. The van der Waals surface area contributed by atoms with Crippen LogP contribution in [0.1, 0.15) is 12.5 Å². The number of ketones is 1. The van der Waals surface area contributed by atoms with E-state index in [4.69, 9.17) is 0 Å². The molecule has 16 heavy (non-hydrogen) atoms. The van der Waals surface area contributed by atoms with E-state index < -0.39 is 8.07 Å². The molecule has 0 heterocycles. The molecule has 0 saturated carbocycles. The maximum Gasteiger partial charge on any atom is 0.159 e. The number of benzene rings is 1. The van der Waals surface area contributed by atoms with Gasteiger partial charge in [0.15, 0.2) is 5.78 Å². The summed E-state index contributed by atoms with van der Waals surface area (Å²) in [5, 5.41) is 0.872. The van der Waals surface area contributed by atoms with Crippen molar-refractivity contribution >= 4 is 19.9 Å². The van der Waals surface area contributed by atoms with Crippen LogP contribution < -0.4 is 0 Å². The molecule has 0 saturated heterocycles. The number of Topliss-reactive ketones (excluding diaryl/α,β-unsaturated/α-hetero) is 1. The molecule has 0 aliphatic heterocycles. The lowest BCUT2D eigenvalue weighted by molar-refractivity contribution is -0.113. The molecule has 0 spiro atoms. The Morgan fingerprint density at radius 2 is 1.75 bits per heavy atom. The van der Waals surface area contributed by atoms with Gasteiger partial charge < -0.3 is 0 Å². The van der Waals surface area contributed by atoms with Crippen LogP contribution in [-0.4, -0.2) is 13.9 Å². The van der Waals surface area contributed by atoms with Gasteiger partial charge in [-0.1, -0.05) is 50.0 Å². The van der Waals surface area contributed by atoms with Gasteiger partial charge in [-0.05, 0) is 18.6 Å². The predicted molar refractivity (Wildman–Crippen MR) is 72.0 cm³/mol. The molecule has 0 atom stereocenters. The third-order valence-electron chi connectivity index (χ3n) is 2.28. The van der Waals surface area contributed by atoms with E-state index in [0.29, 0.717) is 0 Å². The first-order valence-electron chi connectivity index (χ1n) is 5.44. The molecule has 0 unspecified atom stereocenters. The smallest absolute Gasteiger partial charge is 0.159 e. The first-order chi connectivity index (χ1) is 7.41. The summed E-state index contributed by atoms with van der Waals surface area (Å²) in [6.45, 7) is 8.11. The van der Waals surface area contributed by atoms with E-state index >= 15 is 0 Å². The van der Waals surface area contributed by atoms with E-state index in [1.54, 1.807) is 6.92 Å². The van der Waals surface area contributed by atoms with Gasteiger partial charge in [-0.15, -0.1) is 5.73 Å². The molecule has 1 aromatic rings. The molecule has 0 aliphatic rings. The van der Waals surface area contributed by atoms with Crippen LogP contribution >= 0.6 is 0 Å². The maximum absolute atomic E-state index is 11.5. The zero-order valence-electron chi connectivity index (χ0n) is 10.4. The van der Waals surface area contributed by atoms with E-state index in [1.807, 2.05) is 36.4 Å². The largest absolute Gasteiger partial charge is 0.295 e. The molecule has 0 N–H and O–H groups in total. The topological polar surface area (TPSA) is 17.1 Å². The zero-order chi connectivity index (χ0) is 12.2. The van der Waals surface area contributed by atoms with Crippen molar-refractivity contribution in [3.63, 3.8) is 0 Å². The van der Waals surface area contributed by atoms with Crippen molar-refractivity contribution in [1.29, 1.82) is 0 Å². The summed E-state index contributed by atoms with van der Waals surface area (Å²) in [5.41, 5.74) is 4.26. The second-order valence-corrected chi connectivity index (χ2v) is 9.88. The first-order valence-corrected chi connectivity index (χ1v) is 8.94. The maximum atomic E-state index is 11.5. The van der Waals surface area contributed by atoms with Crippen molar-refractivity contribution in [3.05, 3.63) is 46.8 Å². The standard InChI is InChI=1S/C14H18OSi/c1-12(15)14(16(2,3)4)11-10-13-8-6-5-7-9-13/h5-10H,1-4H3. The van der Waals surface area contributed by atoms with Crippen LogP contribution in [0.2, 0.25) is 19.6 Å². The third kappa shape index (κ3) is 3.65. The van der Waals surface area contributed by atoms with Crippen molar-refractivity contribution in [1.82, 2.24) is 0 Å². The molecule has 1 nitrogen and oxygen atoms in total. The average Bonchev–Trinajstić information content (AvgIpc) is 2.17. The molecule has 2 heteroatoms. The van der Waals surface area contributed by atoms with Crippen LogP contribution in [0, 0.1) is 0 Å². The number of hydrogen-bond donors (Lipinski definition) is 0. The number of carbonyl (C=O) groups is 1. The van der Waals surface area contributed by atoms with Gasteiger partial charge >= 0.3 is 0 Å². The van der Waals surface area contributed by atoms with Gasteiger partial charge in [0.05, 0.1) is 8.07 Å². The number of hydrogen-bond acceptors (Lipinski definition) is 1. The quantitative estimate of drug-likeness (QED) is 0.440. The Labute approximate surface area is 98.5 Å². The highest BCUT2D eigenvalue weighted by atomic mass is 28.3. The number of carbonyl (C=O) groups excluding carboxylic acids is 1. The van der Waals surface area contributed by atoms with Crippen molar-refractivity contribution in [2.45, 2.75) is 26.6 Å². The Balaban J connectivity index is 3.14. The molecule has 1 aromatic carbocycles. The van der Waals surface area contributed by atoms with E-state index in [-0.39, 0.29) is 5.78 Å². The van der Waals surface area contributed by atoms with Crippen molar-refractivity contribution in [2.24, 2.45) is 0 Å². The lowest BCUT2D eigenvalue weighted by Crippen LogP contribution is -2.27. The van der Waals surface area contributed by atoms with Gasteiger partial charge in [0, 0.05) is 5.20 Å². The Morgan fingerprint density at radius 3 is 2.19 bits per heavy atom. The van der Waals surface area contributed by atoms with Crippen molar-refractivity contribution in [3.8, 4) is 0 Å². The SMILES string of the molecule is CC(=O)C(=C=Cc1ccccc1)[Si](C)(C)C. The molecular formula is C14H18OSi. The summed E-state index contributed by atoms with van der Waals surface area (Å²) >= 11 is 0. The molecule has 1 rings (SSSR count). The monoisotopic (exact) mass is 230 g/mol. The highest BCUT2D eigenvalue weighted by Crippen LogP contribution is 2.14. The van der Waals surface area contributed by atoms with E-state index in [9.17, 15) is 4.79 Å². The number of rotatable bonds is 3. The molecule has 0 radical (unpaired) electrons. The Bertz CT molecular complexity index is 432. The van der Waals surface area contributed by atoms with Crippen molar-refractivity contribution < 1.29 is 4.79 Å². The summed E-state index contributed by atoms with van der Waals surface area (Å²) in [5.74, 6) is 0.145. The summed E-state index contributed by atoms with van der Waals surface area (Å²) in [7, 11) is -1.58. The molecular weight excluding hydrogens is 212 g/mol. The summed E-state index contributed by atoms with van der Waals surface area (Å²) in [4.78, 5) is 11.5. The van der Waals surface area contributed by atoms with Crippen LogP contribution in [-0.2, 0) is 4.79 Å². The van der Waals surface area contributed by atoms with E-state index in [1.165, 1.54) is 0 Å². The lowest BCUT2D eigenvalue weighted by Gasteiger charge is -2.15. The lowest BCUT2D eigenvalue weighted by atomic mass is 10.2. The second-order valence-electron chi connectivity index (χ2n) is 4.88. The Morgan fingerprint density at radius 1 is 1.19 bits per heavy atom. The van der Waals surface area contributed by atoms with E-state index in [2.05, 4.69) is 25.4 Å². The number of allylic oxidation sites excluding steroid dienone is 1. The minimum Gasteiger partial charge on any atom is -0.295 e. The summed E-state index contributed by atoms with van der Waals surface area (Å²) in [6, 6.07) is 9.96. The van der Waals surface area contributed by atoms with Crippen LogP contribution in [0.25, 0.3) is 6.08 Å². The summed E-state index contributed by atoms with van der Waals surface area (Å²) < 4.78 is 0. The van der Waals surface area contributed by atoms with Crippen LogP contribution in [0.4, 0.5) is 0 Å². The fourth-order valence-corrected chi connectivity index (χ4v) is 3.11. The van der Waals surface area contributed by atoms with Gasteiger partial charge in [-0.2, -0.15) is 0 Å². The zero-order valence-corrected chi connectivity index (χ0v) is 11.4. The molecule has 0 aromatic heterocycles. The minimum absolute atomic E-state index is 0.145. The van der Waals surface area contributed by atoms with Crippen molar-refractivity contribution in [2.75, 3.05) is 0 Å². The second kappa shape index (κ2) is 5.11. The van der Waals surface area contributed by atoms with Crippen LogP contribution in [0.3, 0.4) is 0 Å². The predicted octanol–water partition coefficient (Wildman–Crippen LogP) is 3.69. The first kappa shape index (κ1) is 12.7. The highest BCUT2D eigenvalue weighted by Gasteiger charge is 2.22. The Hall–Kier alpha value is -1.37. The molecule has 0 aliphatic carbocycles. The van der Waals surface area contributed by atoms with Crippen LogP contribution in [0.15, 0.2) is 41.3 Å². The van der Waals surface area contributed by atoms with Crippen LogP contribution in [0.5, 0.6) is 0 Å². The highest BCUT2D eigenvalue weighted by molar-refractivity contribution is 6.87. The molecule has 84 valence electrons. The fourth-order valence-electron chi connectivity index (χ4n) is 1.55. The summed E-state index contributed by atoms with van der Waals surface area (Å²) in [6.07, 6.45) is 1.90. The Kier molecular flexibility index (Phi) is 4.05. The minimum atomic E-state index is -1.58. The normalized spacial score (nSPS) is 10.5. The van der Waals surface area contributed by atoms with Gasteiger partial charge in [0.1, 0.15) is 0 Å². The van der Waals surface area contributed by atoms with Gasteiger partial charge in [-0.3, -0.25) is 4.79 Å².